The number of aromatic nitrogens is 2. The van der Waals surface area contributed by atoms with Crippen molar-refractivity contribution in [2.24, 2.45) is 0 Å². The molecule has 1 N–H and O–H groups in total. The van der Waals surface area contributed by atoms with E-state index in [-0.39, 0.29) is 35.4 Å². The van der Waals surface area contributed by atoms with Gasteiger partial charge in [-0.05, 0) is 36.2 Å². The van der Waals surface area contributed by atoms with E-state index in [4.69, 9.17) is 0 Å². The maximum absolute atomic E-state index is 14.3. The molecule has 1 heterocycles. The number of hydrogen-bond acceptors (Lipinski definition) is 3. The fourth-order valence-corrected chi connectivity index (χ4v) is 3.71. The lowest BCUT2D eigenvalue weighted by molar-refractivity contribution is 0.626. The molecule has 1 aromatic heterocycles. The van der Waals surface area contributed by atoms with Gasteiger partial charge in [0, 0.05) is 18.2 Å². The minimum Gasteiger partial charge on any atom is -0.373 e. The van der Waals surface area contributed by atoms with Gasteiger partial charge in [-0.25, -0.2) is 13.8 Å². The van der Waals surface area contributed by atoms with Gasteiger partial charge in [0.2, 0.25) is 0 Å². The summed E-state index contributed by atoms with van der Waals surface area (Å²) in [6.07, 6.45) is 3.00. The molecule has 0 aliphatic rings. The Morgan fingerprint density at radius 2 is 1.58 bits per heavy atom. The van der Waals surface area contributed by atoms with Crippen molar-refractivity contribution >= 4 is 5.69 Å². The summed E-state index contributed by atoms with van der Waals surface area (Å²) in [5.41, 5.74) is 2.45. The summed E-state index contributed by atoms with van der Waals surface area (Å²) in [5.74, 6) is -0.489. The van der Waals surface area contributed by atoms with Crippen LogP contribution >= 0.6 is 0 Å². The van der Waals surface area contributed by atoms with E-state index in [1.165, 1.54) is 22.9 Å². The largest absolute Gasteiger partial charge is 0.373 e. The highest BCUT2D eigenvalue weighted by molar-refractivity contribution is 5.64. The van der Waals surface area contributed by atoms with Gasteiger partial charge >= 0.3 is 0 Å². The summed E-state index contributed by atoms with van der Waals surface area (Å²) in [6.45, 7) is 5.81. The topological polar surface area (TPSA) is 46.9 Å². The Kier molecular flexibility index (Phi) is 6.45. The zero-order chi connectivity index (χ0) is 23.4. The summed E-state index contributed by atoms with van der Waals surface area (Å²) in [6, 6.07) is 20.1. The highest BCUT2D eigenvalue weighted by Gasteiger charge is 2.16. The molecule has 4 nitrogen and oxygen atoms in total. The second-order valence-corrected chi connectivity index (χ2v) is 7.65. The zero-order valence-electron chi connectivity index (χ0n) is 18.1. The van der Waals surface area contributed by atoms with Crippen molar-refractivity contribution in [3.63, 3.8) is 0 Å². The van der Waals surface area contributed by atoms with Gasteiger partial charge in [0.05, 0.1) is 11.8 Å². The molecule has 3 aromatic carbocycles. The lowest BCUT2D eigenvalue weighted by Gasteiger charge is -2.18. The van der Waals surface area contributed by atoms with Crippen LogP contribution in [0.15, 0.2) is 96.4 Å². The van der Waals surface area contributed by atoms with Crippen LogP contribution in [0.3, 0.4) is 0 Å². The Morgan fingerprint density at radius 1 is 0.970 bits per heavy atom. The minimum atomic E-state index is -0.453. The molecule has 0 saturated carbocycles. The van der Waals surface area contributed by atoms with E-state index in [9.17, 15) is 13.6 Å². The summed E-state index contributed by atoms with van der Waals surface area (Å²) in [7, 11) is 0. The van der Waals surface area contributed by atoms with Gasteiger partial charge in [-0.2, -0.15) is 0 Å². The molecule has 4 rings (SSSR count). The average Bonchev–Trinajstić information content (AvgIpc) is 2.83. The average molecular weight is 443 g/mol. The SMILES string of the molecule is C=CCn1c(-c2ccccc2F)ncc(NC(C)c2ccc(-c3ccccc3F)cc2)c1=O. The van der Waals surface area contributed by atoms with Gasteiger partial charge in [-0.3, -0.25) is 9.36 Å². The van der Waals surface area contributed by atoms with Gasteiger partial charge < -0.3 is 5.32 Å². The third kappa shape index (κ3) is 4.60. The van der Waals surface area contributed by atoms with E-state index in [0.717, 1.165) is 11.1 Å². The molecule has 0 bridgehead atoms. The van der Waals surface area contributed by atoms with Crippen molar-refractivity contribution < 1.29 is 8.78 Å². The van der Waals surface area contributed by atoms with Gasteiger partial charge in [0.25, 0.3) is 5.56 Å². The maximum atomic E-state index is 14.3. The molecular formula is C27H23F2N3O. The van der Waals surface area contributed by atoms with E-state index in [0.29, 0.717) is 11.3 Å². The smallest absolute Gasteiger partial charge is 0.277 e. The highest BCUT2D eigenvalue weighted by atomic mass is 19.1. The summed E-state index contributed by atoms with van der Waals surface area (Å²) in [5, 5.41) is 3.19. The summed E-state index contributed by atoms with van der Waals surface area (Å²) >= 11 is 0. The van der Waals surface area contributed by atoms with Crippen molar-refractivity contribution in [3.05, 3.63) is 119 Å². The molecule has 0 aliphatic heterocycles. The first-order valence-corrected chi connectivity index (χ1v) is 10.6. The van der Waals surface area contributed by atoms with Crippen molar-refractivity contribution in [1.29, 1.82) is 0 Å². The third-order valence-electron chi connectivity index (χ3n) is 5.44. The molecule has 166 valence electrons. The van der Waals surface area contributed by atoms with Crippen molar-refractivity contribution in [1.82, 2.24) is 9.55 Å². The zero-order valence-corrected chi connectivity index (χ0v) is 18.1. The number of nitrogens with zero attached hydrogens (tertiary/aromatic N) is 2. The fourth-order valence-electron chi connectivity index (χ4n) is 3.71. The standard InChI is InChI=1S/C27H23F2N3O/c1-3-16-32-26(22-9-5-7-11-24(22)29)30-17-25(27(32)33)31-18(2)19-12-14-20(15-13-19)21-8-4-6-10-23(21)28/h3-15,17-18,31H,1,16H2,2H3. The first kappa shape index (κ1) is 22.1. The highest BCUT2D eigenvalue weighted by Crippen LogP contribution is 2.26. The Bertz CT molecular complexity index is 1350. The summed E-state index contributed by atoms with van der Waals surface area (Å²) in [4.78, 5) is 17.5. The molecule has 0 amide bonds. The van der Waals surface area contributed by atoms with Crippen molar-refractivity contribution in [3.8, 4) is 22.5 Å². The molecule has 0 spiro atoms. The lowest BCUT2D eigenvalue weighted by atomic mass is 10.0. The van der Waals surface area contributed by atoms with Crippen LogP contribution in [0, 0.1) is 11.6 Å². The van der Waals surface area contributed by atoms with Crippen LogP contribution in [0.25, 0.3) is 22.5 Å². The second-order valence-electron chi connectivity index (χ2n) is 7.65. The van der Waals surface area contributed by atoms with E-state index in [1.807, 2.05) is 31.2 Å². The fraction of sp³-hybridized carbons (Fsp3) is 0.111. The molecule has 4 aromatic rings. The van der Waals surface area contributed by atoms with E-state index in [1.54, 1.807) is 42.5 Å². The molecule has 0 fully saturated rings. The molecular weight excluding hydrogens is 420 g/mol. The predicted molar refractivity (Wildman–Crippen MR) is 128 cm³/mol. The minimum absolute atomic E-state index is 0.191. The normalized spacial score (nSPS) is 11.7. The number of halogens is 2. The Labute approximate surface area is 190 Å². The van der Waals surface area contributed by atoms with Crippen LogP contribution < -0.4 is 10.9 Å². The molecule has 6 heteroatoms. The molecule has 1 atom stereocenters. The Morgan fingerprint density at radius 3 is 2.18 bits per heavy atom. The Balaban J connectivity index is 1.62. The first-order chi connectivity index (χ1) is 16.0. The number of hydrogen-bond donors (Lipinski definition) is 1. The third-order valence-corrected chi connectivity index (χ3v) is 5.44. The molecule has 33 heavy (non-hydrogen) atoms. The van der Waals surface area contributed by atoms with E-state index < -0.39 is 5.82 Å². The van der Waals surface area contributed by atoms with Crippen LogP contribution in [0.4, 0.5) is 14.5 Å². The van der Waals surface area contributed by atoms with E-state index in [2.05, 4.69) is 16.9 Å². The van der Waals surface area contributed by atoms with Crippen LogP contribution in [-0.4, -0.2) is 9.55 Å². The molecule has 0 saturated heterocycles. The molecule has 1 unspecified atom stereocenters. The van der Waals surface area contributed by atoms with Gasteiger partial charge in [0.1, 0.15) is 23.1 Å². The van der Waals surface area contributed by atoms with Gasteiger partial charge in [0.15, 0.2) is 0 Å². The lowest BCUT2D eigenvalue weighted by Crippen LogP contribution is -2.26. The number of anilines is 1. The van der Waals surface area contributed by atoms with Crippen LogP contribution in [0.5, 0.6) is 0 Å². The monoisotopic (exact) mass is 443 g/mol. The molecule has 0 aliphatic carbocycles. The number of allylic oxidation sites excluding steroid dienone is 1. The predicted octanol–water partition coefficient (Wildman–Crippen LogP) is 6.21. The van der Waals surface area contributed by atoms with Crippen molar-refractivity contribution in [2.75, 3.05) is 5.32 Å². The van der Waals surface area contributed by atoms with Gasteiger partial charge in [-0.1, -0.05) is 60.7 Å². The quantitative estimate of drug-likeness (QED) is 0.345. The second kappa shape index (κ2) is 9.61. The molecule has 0 radical (unpaired) electrons. The maximum Gasteiger partial charge on any atom is 0.277 e. The van der Waals surface area contributed by atoms with Gasteiger partial charge in [-0.15, -0.1) is 6.58 Å². The number of benzene rings is 3. The summed E-state index contributed by atoms with van der Waals surface area (Å²) < 4.78 is 29.8. The Hall–Kier alpha value is -4.06. The van der Waals surface area contributed by atoms with Crippen molar-refractivity contribution in [2.45, 2.75) is 19.5 Å². The van der Waals surface area contributed by atoms with Crippen LogP contribution in [0.1, 0.15) is 18.5 Å². The van der Waals surface area contributed by atoms with E-state index >= 15 is 0 Å². The van der Waals surface area contributed by atoms with Crippen LogP contribution in [0.2, 0.25) is 0 Å². The van der Waals surface area contributed by atoms with Crippen LogP contribution in [-0.2, 0) is 6.54 Å². The number of rotatable bonds is 7. The first-order valence-electron chi connectivity index (χ1n) is 10.6. The number of nitrogens with one attached hydrogen (secondary N) is 1.